The predicted octanol–water partition coefficient (Wildman–Crippen LogP) is 2.42. The minimum Gasteiger partial charge on any atom is -0.398 e. The standard InChI is InChI=1S/C10H8N4O2S/c11-9-6-5-7-3-1-2-4-8(7)10(9)17(15,16)14-13-12/h1-6H,11H2. The topological polar surface area (TPSA) is 109 Å². The number of azide groups is 1. The molecular formula is C10H8N4O2S. The van der Waals surface area contributed by atoms with E-state index in [1.165, 1.54) is 6.07 Å². The number of rotatable bonds is 2. The fraction of sp³-hybridized carbons (Fsp3) is 0. The molecule has 0 heterocycles. The van der Waals surface area contributed by atoms with Gasteiger partial charge >= 0.3 is 0 Å². The number of hydrogen-bond donors (Lipinski definition) is 1. The van der Waals surface area contributed by atoms with Crippen LogP contribution in [0, 0.1) is 0 Å². The van der Waals surface area contributed by atoms with Crippen molar-refractivity contribution in [2.45, 2.75) is 4.90 Å². The van der Waals surface area contributed by atoms with Crippen LogP contribution in [-0.4, -0.2) is 8.42 Å². The first kappa shape index (κ1) is 11.3. The molecule has 0 spiro atoms. The molecule has 86 valence electrons. The third kappa shape index (κ3) is 1.89. The molecular weight excluding hydrogens is 240 g/mol. The molecule has 0 amide bonds. The van der Waals surface area contributed by atoms with E-state index < -0.39 is 10.0 Å². The highest BCUT2D eigenvalue weighted by molar-refractivity contribution is 7.90. The van der Waals surface area contributed by atoms with Gasteiger partial charge in [-0.05, 0) is 17.0 Å². The first-order valence-electron chi connectivity index (χ1n) is 4.65. The van der Waals surface area contributed by atoms with E-state index in [2.05, 4.69) is 9.43 Å². The maximum Gasteiger partial charge on any atom is 0.266 e. The third-order valence-corrected chi connectivity index (χ3v) is 3.57. The van der Waals surface area contributed by atoms with Crippen LogP contribution < -0.4 is 5.73 Å². The van der Waals surface area contributed by atoms with E-state index in [9.17, 15) is 8.42 Å². The van der Waals surface area contributed by atoms with Crippen molar-refractivity contribution >= 4 is 26.5 Å². The summed E-state index contributed by atoms with van der Waals surface area (Å²) in [6, 6.07) is 10.0. The molecule has 7 heteroatoms. The predicted molar refractivity (Wildman–Crippen MR) is 64.7 cm³/mol. The lowest BCUT2D eigenvalue weighted by molar-refractivity contribution is 0.598. The number of nitrogen functional groups attached to an aromatic ring is 1. The Morgan fingerprint density at radius 1 is 1.18 bits per heavy atom. The summed E-state index contributed by atoms with van der Waals surface area (Å²) >= 11 is 0. The molecule has 6 nitrogen and oxygen atoms in total. The second kappa shape index (κ2) is 3.97. The molecule has 17 heavy (non-hydrogen) atoms. The smallest absolute Gasteiger partial charge is 0.266 e. The molecule has 0 aromatic heterocycles. The van der Waals surface area contributed by atoms with Crippen LogP contribution in [0.4, 0.5) is 5.69 Å². The van der Waals surface area contributed by atoms with Gasteiger partial charge < -0.3 is 5.73 Å². The molecule has 0 aliphatic carbocycles. The molecule has 0 aliphatic rings. The highest BCUT2D eigenvalue weighted by Gasteiger charge is 2.19. The zero-order valence-corrected chi connectivity index (χ0v) is 9.42. The molecule has 0 bridgehead atoms. The summed E-state index contributed by atoms with van der Waals surface area (Å²) in [5.41, 5.74) is 14.0. The lowest BCUT2D eigenvalue weighted by atomic mass is 10.1. The third-order valence-electron chi connectivity index (χ3n) is 2.31. The summed E-state index contributed by atoms with van der Waals surface area (Å²) in [6.07, 6.45) is 0. The lowest BCUT2D eigenvalue weighted by Crippen LogP contribution is -2.02. The van der Waals surface area contributed by atoms with E-state index in [1.807, 2.05) is 0 Å². The van der Waals surface area contributed by atoms with Gasteiger partial charge in [0.15, 0.2) is 0 Å². The highest BCUT2D eigenvalue weighted by Crippen LogP contribution is 2.29. The highest BCUT2D eigenvalue weighted by atomic mass is 32.2. The van der Waals surface area contributed by atoms with Gasteiger partial charge in [-0.3, -0.25) is 0 Å². The van der Waals surface area contributed by atoms with Gasteiger partial charge in [0.05, 0.1) is 5.69 Å². The van der Waals surface area contributed by atoms with Crippen molar-refractivity contribution < 1.29 is 8.42 Å². The zero-order valence-electron chi connectivity index (χ0n) is 8.61. The number of nitrogens with two attached hydrogens (primary N) is 1. The van der Waals surface area contributed by atoms with E-state index in [0.29, 0.717) is 10.8 Å². The van der Waals surface area contributed by atoms with Gasteiger partial charge in [0.1, 0.15) is 4.90 Å². The zero-order chi connectivity index (χ0) is 12.5. The van der Waals surface area contributed by atoms with E-state index in [1.54, 1.807) is 30.3 Å². The maximum absolute atomic E-state index is 11.8. The van der Waals surface area contributed by atoms with Crippen molar-refractivity contribution in [2.75, 3.05) is 5.73 Å². The first-order valence-corrected chi connectivity index (χ1v) is 6.09. The molecule has 2 aromatic rings. The second-order valence-corrected chi connectivity index (χ2v) is 4.87. The molecule has 0 saturated heterocycles. The van der Waals surface area contributed by atoms with Crippen LogP contribution in [0.1, 0.15) is 0 Å². The normalized spacial score (nSPS) is 11.1. The van der Waals surface area contributed by atoms with Crippen LogP contribution in [0.15, 0.2) is 45.8 Å². The lowest BCUT2D eigenvalue weighted by Gasteiger charge is -2.07. The van der Waals surface area contributed by atoms with Gasteiger partial charge in [0, 0.05) is 14.8 Å². The monoisotopic (exact) mass is 248 g/mol. The summed E-state index contributed by atoms with van der Waals surface area (Å²) in [4.78, 5) is 2.17. The maximum atomic E-state index is 11.8. The summed E-state index contributed by atoms with van der Waals surface area (Å²) in [6.45, 7) is 0. The minimum absolute atomic E-state index is 0.0658. The van der Waals surface area contributed by atoms with Crippen molar-refractivity contribution in [3.05, 3.63) is 46.8 Å². The molecule has 0 aliphatic heterocycles. The Labute approximate surface area is 97.3 Å². The molecule has 0 atom stereocenters. The van der Waals surface area contributed by atoms with Crippen LogP contribution in [0.2, 0.25) is 0 Å². The molecule has 0 saturated carbocycles. The Balaban J connectivity index is 2.94. The van der Waals surface area contributed by atoms with Crippen LogP contribution in [0.5, 0.6) is 0 Å². The van der Waals surface area contributed by atoms with Gasteiger partial charge in [-0.1, -0.05) is 30.3 Å². The Morgan fingerprint density at radius 2 is 1.88 bits per heavy atom. The number of nitrogens with zero attached hydrogens (tertiary/aromatic N) is 3. The fourth-order valence-electron chi connectivity index (χ4n) is 1.64. The quantitative estimate of drug-likeness (QED) is 0.381. The van der Waals surface area contributed by atoms with Gasteiger partial charge in [-0.2, -0.15) is 0 Å². The average molecular weight is 248 g/mol. The van der Waals surface area contributed by atoms with Gasteiger partial charge in [-0.15, -0.1) is 0 Å². The number of benzene rings is 2. The SMILES string of the molecule is [N-]=[N+]=NS(=O)(=O)c1c(N)ccc2ccccc12. The molecule has 0 unspecified atom stereocenters. The van der Waals surface area contributed by atoms with Gasteiger partial charge in [-0.25, -0.2) is 8.42 Å². The van der Waals surface area contributed by atoms with Crippen molar-refractivity contribution in [1.29, 1.82) is 0 Å². The van der Waals surface area contributed by atoms with Crippen LogP contribution in [0.25, 0.3) is 21.2 Å². The van der Waals surface area contributed by atoms with Gasteiger partial charge in [0.2, 0.25) is 0 Å². The Hall–Kier alpha value is -2.24. The van der Waals surface area contributed by atoms with Crippen molar-refractivity contribution in [1.82, 2.24) is 0 Å². The van der Waals surface area contributed by atoms with Crippen LogP contribution >= 0.6 is 0 Å². The number of anilines is 1. The summed E-state index contributed by atoms with van der Waals surface area (Å²) in [5, 5.41) is 1.16. The largest absolute Gasteiger partial charge is 0.398 e. The van der Waals surface area contributed by atoms with Gasteiger partial charge in [0.25, 0.3) is 10.0 Å². The Kier molecular flexibility index (Phi) is 2.63. The second-order valence-electron chi connectivity index (χ2n) is 3.35. The average Bonchev–Trinajstić information content (AvgIpc) is 2.28. The number of sulfonamides is 1. The van der Waals surface area contributed by atoms with E-state index in [-0.39, 0.29) is 10.6 Å². The fourth-order valence-corrected chi connectivity index (χ4v) is 2.64. The first-order chi connectivity index (χ1) is 8.06. The Bertz CT molecular complexity index is 733. The van der Waals surface area contributed by atoms with E-state index in [4.69, 9.17) is 11.3 Å². The molecule has 2 aromatic carbocycles. The van der Waals surface area contributed by atoms with Crippen molar-refractivity contribution in [2.24, 2.45) is 4.52 Å². The summed E-state index contributed by atoms with van der Waals surface area (Å²) < 4.78 is 26.3. The van der Waals surface area contributed by atoms with Crippen LogP contribution in [0.3, 0.4) is 0 Å². The summed E-state index contributed by atoms with van der Waals surface area (Å²) in [5.74, 6) is 0. The molecule has 2 N–H and O–H groups in total. The minimum atomic E-state index is -4.08. The Morgan fingerprint density at radius 3 is 2.59 bits per heavy atom. The molecule has 0 fully saturated rings. The number of fused-ring (bicyclic) bond motifs is 1. The number of hydrogen-bond acceptors (Lipinski definition) is 3. The molecule has 2 rings (SSSR count). The van der Waals surface area contributed by atoms with E-state index >= 15 is 0 Å². The van der Waals surface area contributed by atoms with Crippen molar-refractivity contribution in [3.8, 4) is 0 Å². The summed E-state index contributed by atoms with van der Waals surface area (Å²) in [7, 11) is -4.08. The van der Waals surface area contributed by atoms with Crippen molar-refractivity contribution in [3.63, 3.8) is 0 Å². The molecule has 0 radical (unpaired) electrons. The van der Waals surface area contributed by atoms with E-state index in [0.717, 1.165) is 0 Å². The van der Waals surface area contributed by atoms with Crippen LogP contribution in [-0.2, 0) is 10.0 Å².